The minimum atomic E-state index is -0.0655. The summed E-state index contributed by atoms with van der Waals surface area (Å²) >= 11 is 0. The van der Waals surface area contributed by atoms with Crippen LogP contribution in [0.2, 0.25) is 0 Å². The van der Waals surface area contributed by atoms with Crippen molar-refractivity contribution in [3.05, 3.63) is 63.9 Å². The molecule has 106 valence electrons. The number of hydrogen-bond donors (Lipinski definition) is 0. The standard InChI is InChI=1S/C17H15NO3/c1-11-7-15-13(10-21-20-2)8-12-5-3-4-6-14(12)17(19)16(15)18-9-11/h3-9H,10H2,1-2H3. The molecule has 0 aliphatic rings. The van der Waals surface area contributed by atoms with Gasteiger partial charge in [0.05, 0.1) is 7.11 Å². The molecule has 0 bridgehead atoms. The zero-order valence-electron chi connectivity index (χ0n) is 11.9. The maximum absolute atomic E-state index is 12.7. The zero-order chi connectivity index (χ0) is 14.8. The van der Waals surface area contributed by atoms with E-state index in [0.29, 0.717) is 10.9 Å². The van der Waals surface area contributed by atoms with Crippen LogP contribution in [0.5, 0.6) is 0 Å². The first-order valence-corrected chi connectivity index (χ1v) is 6.67. The molecule has 0 amide bonds. The molecule has 1 heterocycles. The molecule has 0 unspecified atom stereocenters. The summed E-state index contributed by atoms with van der Waals surface area (Å²) in [4.78, 5) is 26.8. The first-order chi connectivity index (χ1) is 10.2. The molecule has 0 atom stereocenters. The highest BCUT2D eigenvalue weighted by atomic mass is 17.2. The van der Waals surface area contributed by atoms with E-state index in [2.05, 4.69) is 4.98 Å². The summed E-state index contributed by atoms with van der Waals surface area (Å²) in [6.45, 7) is 2.21. The molecular formula is C17H15NO3. The van der Waals surface area contributed by atoms with E-state index in [1.54, 1.807) is 6.20 Å². The summed E-state index contributed by atoms with van der Waals surface area (Å²) in [7, 11) is 1.46. The predicted octanol–water partition coefficient (Wildman–Crippen LogP) is 3.13. The molecular weight excluding hydrogens is 266 g/mol. The molecule has 0 spiro atoms. The van der Waals surface area contributed by atoms with Gasteiger partial charge in [-0.2, -0.15) is 0 Å². The predicted molar refractivity (Wildman–Crippen MR) is 82.1 cm³/mol. The van der Waals surface area contributed by atoms with Crippen molar-refractivity contribution in [1.82, 2.24) is 4.98 Å². The highest BCUT2D eigenvalue weighted by Crippen LogP contribution is 2.20. The number of benzene rings is 1. The molecule has 0 fully saturated rings. The van der Waals surface area contributed by atoms with Crippen LogP contribution in [-0.2, 0) is 16.4 Å². The Hall–Kier alpha value is -2.30. The summed E-state index contributed by atoms with van der Waals surface area (Å²) in [5, 5.41) is 2.32. The van der Waals surface area contributed by atoms with Gasteiger partial charge in [0.1, 0.15) is 12.1 Å². The second-order valence-electron chi connectivity index (χ2n) is 4.92. The molecule has 0 N–H and O–H groups in total. The SMILES string of the molecule is COOCc1cc2ccccc2c(=O)c2ncc(C)cc12. The van der Waals surface area contributed by atoms with Crippen LogP contribution in [0.25, 0.3) is 21.7 Å². The van der Waals surface area contributed by atoms with E-state index in [0.717, 1.165) is 21.9 Å². The van der Waals surface area contributed by atoms with Crippen LogP contribution in [0.1, 0.15) is 11.1 Å². The summed E-state index contributed by atoms with van der Waals surface area (Å²) in [6.07, 6.45) is 1.71. The van der Waals surface area contributed by atoms with Crippen LogP contribution in [0.15, 0.2) is 47.4 Å². The summed E-state index contributed by atoms with van der Waals surface area (Å²) < 4.78 is 0. The minimum Gasteiger partial charge on any atom is -0.287 e. The number of nitrogens with zero attached hydrogens (tertiary/aromatic N) is 1. The lowest BCUT2D eigenvalue weighted by Gasteiger charge is -2.02. The third-order valence-electron chi connectivity index (χ3n) is 3.45. The van der Waals surface area contributed by atoms with Gasteiger partial charge in [-0.15, -0.1) is 0 Å². The lowest BCUT2D eigenvalue weighted by Crippen LogP contribution is -2.01. The van der Waals surface area contributed by atoms with Gasteiger partial charge >= 0.3 is 0 Å². The van der Waals surface area contributed by atoms with Gasteiger partial charge in [0.15, 0.2) is 0 Å². The fourth-order valence-corrected chi connectivity index (χ4v) is 2.46. The maximum Gasteiger partial charge on any atom is 0.212 e. The number of aromatic nitrogens is 1. The third-order valence-corrected chi connectivity index (χ3v) is 3.45. The van der Waals surface area contributed by atoms with Crippen molar-refractivity contribution in [2.24, 2.45) is 0 Å². The van der Waals surface area contributed by atoms with Crippen molar-refractivity contribution >= 4 is 21.7 Å². The normalized spacial score (nSPS) is 11.1. The molecule has 3 rings (SSSR count). The molecule has 2 aromatic carbocycles. The summed E-state index contributed by atoms with van der Waals surface area (Å²) in [6, 6.07) is 11.4. The minimum absolute atomic E-state index is 0.0655. The first-order valence-electron chi connectivity index (χ1n) is 6.67. The fraction of sp³-hybridized carbons (Fsp3) is 0.176. The molecule has 0 aliphatic heterocycles. The topological polar surface area (TPSA) is 48.4 Å². The number of aryl methyl sites for hydroxylation is 1. The van der Waals surface area contributed by atoms with Gasteiger partial charge < -0.3 is 0 Å². The van der Waals surface area contributed by atoms with Gasteiger partial charge in [0.2, 0.25) is 5.43 Å². The van der Waals surface area contributed by atoms with E-state index >= 15 is 0 Å². The van der Waals surface area contributed by atoms with Crippen LogP contribution in [0.4, 0.5) is 0 Å². The lowest BCUT2D eigenvalue weighted by atomic mass is 10.1. The van der Waals surface area contributed by atoms with Gasteiger partial charge in [0, 0.05) is 17.0 Å². The lowest BCUT2D eigenvalue weighted by molar-refractivity contribution is -0.281. The molecule has 21 heavy (non-hydrogen) atoms. The number of hydrogen-bond acceptors (Lipinski definition) is 4. The van der Waals surface area contributed by atoms with Crippen molar-refractivity contribution < 1.29 is 9.78 Å². The second-order valence-corrected chi connectivity index (χ2v) is 4.92. The van der Waals surface area contributed by atoms with E-state index in [9.17, 15) is 4.79 Å². The molecule has 4 nitrogen and oxygen atoms in total. The highest BCUT2D eigenvalue weighted by molar-refractivity contribution is 5.93. The molecule has 1 aromatic heterocycles. The van der Waals surface area contributed by atoms with Crippen molar-refractivity contribution in [3.63, 3.8) is 0 Å². The Balaban J connectivity index is 2.48. The smallest absolute Gasteiger partial charge is 0.212 e. The Kier molecular flexibility index (Phi) is 3.64. The number of pyridine rings is 1. The number of fused-ring (bicyclic) bond motifs is 2. The fourth-order valence-electron chi connectivity index (χ4n) is 2.46. The summed E-state index contributed by atoms with van der Waals surface area (Å²) in [5.74, 6) is 0. The average Bonchev–Trinajstić information content (AvgIpc) is 2.61. The van der Waals surface area contributed by atoms with Crippen molar-refractivity contribution in [3.8, 4) is 0 Å². The monoisotopic (exact) mass is 281 g/mol. The quantitative estimate of drug-likeness (QED) is 0.546. The first kappa shape index (κ1) is 13.7. The van der Waals surface area contributed by atoms with Crippen LogP contribution in [0.3, 0.4) is 0 Å². The van der Waals surface area contributed by atoms with Crippen LogP contribution >= 0.6 is 0 Å². The molecule has 0 radical (unpaired) electrons. The molecule has 3 aromatic rings. The summed E-state index contributed by atoms with van der Waals surface area (Å²) in [5.41, 5.74) is 2.26. The Morgan fingerprint density at radius 3 is 2.76 bits per heavy atom. The Morgan fingerprint density at radius 2 is 1.95 bits per heavy atom. The van der Waals surface area contributed by atoms with Gasteiger partial charge in [-0.25, -0.2) is 9.78 Å². The van der Waals surface area contributed by atoms with Gasteiger partial charge in [-0.05, 0) is 35.6 Å². The maximum atomic E-state index is 12.7. The largest absolute Gasteiger partial charge is 0.287 e. The molecule has 0 saturated carbocycles. The van der Waals surface area contributed by atoms with E-state index in [1.165, 1.54) is 7.11 Å². The Bertz CT molecular complexity index is 874. The van der Waals surface area contributed by atoms with Gasteiger partial charge in [-0.1, -0.05) is 24.3 Å². The van der Waals surface area contributed by atoms with Gasteiger partial charge in [-0.3, -0.25) is 9.78 Å². The van der Waals surface area contributed by atoms with Crippen LogP contribution in [0, 0.1) is 6.92 Å². The van der Waals surface area contributed by atoms with E-state index < -0.39 is 0 Å². The molecule has 0 saturated heterocycles. The third kappa shape index (κ3) is 2.51. The second kappa shape index (κ2) is 5.60. The van der Waals surface area contributed by atoms with Crippen molar-refractivity contribution in [2.45, 2.75) is 13.5 Å². The average molecular weight is 281 g/mol. The Morgan fingerprint density at radius 1 is 1.14 bits per heavy atom. The van der Waals surface area contributed by atoms with Crippen molar-refractivity contribution in [1.29, 1.82) is 0 Å². The van der Waals surface area contributed by atoms with E-state index in [-0.39, 0.29) is 12.0 Å². The van der Waals surface area contributed by atoms with Crippen LogP contribution in [-0.4, -0.2) is 12.1 Å². The Labute approximate surface area is 121 Å². The van der Waals surface area contributed by atoms with E-state index in [1.807, 2.05) is 43.3 Å². The van der Waals surface area contributed by atoms with Gasteiger partial charge in [0.25, 0.3) is 0 Å². The molecule has 0 aliphatic carbocycles. The molecule has 4 heteroatoms. The van der Waals surface area contributed by atoms with Crippen molar-refractivity contribution in [2.75, 3.05) is 7.11 Å². The zero-order valence-corrected chi connectivity index (χ0v) is 11.9. The highest BCUT2D eigenvalue weighted by Gasteiger charge is 2.09. The number of rotatable bonds is 3. The van der Waals surface area contributed by atoms with Crippen LogP contribution < -0.4 is 5.43 Å². The van der Waals surface area contributed by atoms with E-state index in [4.69, 9.17) is 9.78 Å².